The normalized spacial score (nSPS) is 12.9. The topological polar surface area (TPSA) is 63.3 Å². The van der Waals surface area contributed by atoms with Gasteiger partial charge in [-0.25, -0.2) is 0 Å². The third kappa shape index (κ3) is 3.50. The zero-order chi connectivity index (χ0) is 15.5. The average molecular weight is 283 g/mol. The van der Waals surface area contributed by atoms with Gasteiger partial charge in [0.1, 0.15) is 6.04 Å². The second-order valence-electron chi connectivity index (χ2n) is 5.84. The quantitative estimate of drug-likeness (QED) is 0.886. The summed E-state index contributed by atoms with van der Waals surface area (Å²) < 4.78 is 0. The Hall–Kier alpha value is -2.13. The van der Waals surface area contributed by atoms with Gasteiger partial charge in [0.15, 0.2) is 0 Å². The number of carboxylic acids is 1. The highest BCUT2D eigenvalue weighted by Crippen LogP contribution is 2.31. The van der Waals surface area contributed by atoms with Crippen LogP contribution in [0.2, 0.25) is 0 Å². The Kier molecular flexibility index (Phi) is 4.43. The largest absolute Gasteiger partial charge is 0.480 e. The van der Waals surface area contributed by atoms with Gasteiger partial charge in [-0.1, -0.05) is 68.4 Å². The minimum absolute atomic E-state index is 0.0886. The van der Waals surface area contributed by atoms with Gasteiger partial charge in [0.2, 0.25) is 0 Å². The minimum Gasteiger partial charge on any atom is -0.480 e. The van der Waals surface area contributed by atoms with Crippen LogP contribution in [0.25, 0.3) is 0 Å². The van der Waals surface area contributed by atoms with Crippen molar-refractivity contribution in [2.24, 2.45) is 5.73 Å². The number of hydrogen-bond donors (Lipinski definition) is 2. The fraction of sp³-hybridized carbons (Fsp3) is 0.278. The van der Waals surface area contributed by atoms with Crippen LogP contribution in [0.3, 0.4) is 0 Å². The number of aliphatic carboxylic acids is 1. The molecule has 2 aromatic carbocycles. The van der Waals surface area contributed by atoms with E-state index in [0.29, 0.717) is 6.42 Å². The van der Waals surface area contributed by atoms with Crippen molar-refractivity contribution in [3.63, 3.8) is 0 Å². The highest BCUT2D eigenvalue weighted by Gasteiger charge is 2.22. The molecule has 1 atom stereocenters. The first kappa shape index (κ1) is 15.3. The molecule has 0 aliphatic carbocycles. The van der Waals surface area contributed by atoms with Gasteiger partial charge in [0.25, 0.3) is 0 Å². The minimum atomic E-state index is -0.969. The van der Waals surface area contributed by atoms with Gasteiger partial charge in [0.05, 0.1) is 0 Å². The molecule has 0 heterocycles. The maximum absolute atomic E-state index is 10.8. The lowest BCUT2D eigenvalue weighted by atomic mass is 9.78. The van der Waals surface area contributed by atoms with E-state index in [1.165, 1.54) is 11.1 Å². The zero-order valence-corrected chi connectivity index (χ0v) is 12.4. The summed E-state index contributed by atoms with van der Waals surface area (Å²) in [6.07, 6.45) is 0.349. The molecule has 110 valence electrons. The number of carbonyl (C=O) groups is 1. The summed E-state index contributed by atoms with van der Waals surface area (Å²) >= 11 is 0. The highest BCUT2D eigenvalue weighted by molar-refractivity contribution is 5.73. The predicted octanol–water partition coefficient (Wildman–Crippen LogP) is 2.97. The summed E-state index contributed by atoms with van der Waals surface area (Å²) in [5, 5.41) is 8.85. The first-order valence-corrected chi connectivity index (χ1v) is 7.04. The summed E-state index contributed by atoms with van der Waals surface area (Å²) in [6.45, 7) is 4.36. The Bertz CT molecular complexity index is 603. The Morgan fingerprint density at radius 2 is 1.57 bits per heavy atom. The van der Waals surface area contributed by atoms with Crippen LogP contribution in [0.4, 0.5) is 0 Å². The smallest absolute Gasteiger partial charge is 0.320 e. The van der Waals surface area contributed by atoms with Crippen molar-refractivity contribution in [2.75, 3.05) is 0 Å². The molecule has 2 rings (SSSR count). The van der Waals surface area contributed by atoms with E-state index >= 15 is 0 Å². The van der Waals surface area contributed by atoms with Crippen LogP contribution in [0.15, 0.2) is 54.6 Å². The molecule has 2 aromatic rings. The Labute approximate surface area is 125 Å². The zero-order valence-electron chi connectivity index (χ0n) is 12.4. The van der Waals surface area contributed by atoms with Crippen LogP contribution >= 0.6 is 0 Å². The molecule has 0 aliphatic rings. The maximum atomic E-state index is 10.8. The lowest BCUT2D eigenvalue weighted by molar-refractivity contribution is -0.138. The molecule has 0 aliphatic heterocycles. The van der Waals surface area contributed by atoms with Crippen molar-refractivity contribution in [1.82, 2.24) is 0 Å². The molecular formula is C18H21NO2. The van der Waals surface area contributed by atoms with Crippen molar-refractivity contribution in [1.29, 1.82) is 0 Å². The van der Waals surface area contributed by atoms with Crippen molar-refractivity contribution < 1.29 is 9.90 Å². The van der Waals surface area contributed by atoms with E-state index in [1.54, 1.807) is 0 Å². The van der Waals surface area contributed by atoms with Gasteiger partial charge in [-0.05, 0) is 23.1 Å². The summed E-state index contributed by atoms with van der Waals surface area (Å²) in [5.74, 6) is -0.969. The molecule has 3 nitrogen and oxygen atoms in total. The Morgan fingerprint density at radius 3 is 2.10 bits per heavy atom. The van der Waals surface area contributed by atoms with E-state index in [2.05, 4.69) is 38.1 Å². The van der Waals surface area contributed by atoms with Gasteiger partial charge in [-0.2, -0.15) is 0 Å². The summed E-state index contributed by atoms with van der Waals surface area (Å²) in [7, 11) is 0. The molecule has 0 saturated carbocycles. The lowest BCUT2D eigenvalue weighted by Gasteiger charge is -2.26. The Morgan fingerprint density at radius 1 is 1.05 bits per heavy atom. The van der Waals surface area contributed by atoms with E-state index in [-0.39, 0.29) is 5.41 Å². The maximum Gasteiger partial charge on any atom is 0.320 e. The van der Waals surface area contributed by atoms with E-state index in [0.717, 1.165) is 5.56 Å². The van der Waals surface area contributed by atoms with Crippen molar-refractivity contribution in [3.05, 3.63) is 71.3 Å². The van der Waals surface area contributed by atoms with E-state index in [9.17, 15) is 4.79 Å². The van der Waals surface area contributed by atoms with Gasteiger partial charge >= 0.3 is 5.97 Å². The number of carboxylic acid groups (broad SMARTS) is 1. The lowest BCUT2D eigenvalue weighted by Crippen LogP contribution is -2.32. The first-order valence-electron chi connectivity index (χ1n) is 7.04. The molecule has 21 heavy (non-hydrogen) atoms. The standard InChI is InChI=1S/C18H21NO2/c1-18(2,14-6-4-3-5-7-14)15-10-8-13(9-11-15)12-16(19)17(20)21/h3-11,16H,12,19H2,1-2H3,(H,20,21)/t16-/m0/s1. The molecule has 0 bridgehead atoms. The van der Waals surface area contributed by atoms with Gasteiger partial charge in [0, 0.05) is 5.41 Å². The third-order valence-corrected chi connectivity index (χ3v) is 3.94. The molecule has 0 fully saturated rings. The summed E-state index contributed by atoms with van der Waals surface area (Å²) in [4.78, 5) is 10.8. The molecule has 0 aromatic heterocycles. The van der Waals surface area contributed by atoms with Crippen LogP contribution in [0.1, 0.15) is 30.5 Å². The van der Waals surface area contributed by atoms with Crippen molar-refractivity contribution >= 4 is 5.97 Å². The summed E-state index contributed by atoms with van der Waals surface area (Å²) in [5.41, 5.74) is 8.86. The molecule has 0 amide bonds. The highest BCUT2D eigenvalue weighted by atomic mass is 16.4. The Balaban J connectivity index is 2.21. The fourth-order valence-electron chi connectivity index (χ4n) is 2.42. The number of rotatable bonds is 5. The van der Waals surface area contributed by atoms with Crippen molar-refractivity contribution in [3.8, 4) is 0 Å². The number of hydrogen-bond acceptors (Lipinski definition) is 2. The van der Waals surface area contributed by atoms with E-state index in [4.69, 9.17) is 10.8 Å². The van der Waals surface area contributed by atoms with Crippen LogP contribution in [0, 0.1) is 0 Å². The average Bonchev–Trinajstić information content (AvgIpc) is 2.48. The molecular weight excluding hydrogens is 262 g/mol. The number of benzene rings is 2. The van der Waals surface area contributed by atoms with Gasteiger partial charge in [-0.3, -0.25) is 4.79 Å². The van der Waals surface area contributed by atoms with Crippen LogP contribution in [-0.2, 0) is 16.6 Å². The second kappa shape index (κ2) is 6.10. The monoisotopic (exact) mass is 283 g/mol. The molecule has 3 N–H and O–H groups in total. The van der Waals surface area contributed by atoms with Gasteiger partial charge in [-0.15, -0.1) is 0 Å². The molecule has 0 unspecified atom stereocenters. The van der Waals surface area contributed by atoms with E-state index < -0.39 is 12.0 Å². The van der Waals surface area contributed by atoms with E-state index in [1.807, 2.05) is 30.3 Å². The van der Waals surface area contributed by atoms with Crippen LogP contribution < -0.4 is 5.73 Å². The third-order valence-electron chi connectivity index (χ3n) is 3.94. The predicted molar refractivity (Wildman–Crippen MR) is 84.3 cm³/mol. The fourth-order valence-corrected chi connectivity index (χ4v) is 2.42. The second-order valence-corrected chi connectivity index (χ2v) is 5.84. The SMILES string of the molecule is CC(C)(c1ccccc1)c1ccc(C[C@H](N)C(=O)O)cc1. The number of nitrogens with two attached hydrogens (primary N) is 1. The molecule has 0 saturated heterocycles. The van der Waals surface area contributed by atoms with Crippen LogP contribution in [0.5, 0.6) is 0 Å². The van der Waals surface area contributed by atoms with Gasteiger partial charge < -0.3 is 10.8 Å². The van der Waals surface area contributed by atoms with Crippen molar-refractivity contribution in [2.45, 2.75) is 31.7 Å². The first-order chi connectivity index (χ1) is 9.91. The summed E-state index contributed by atoms with van der Waals surface area (Å²) in [6, 6.07) is 17.5. The van der Waals surface area contributed by atoms with Crippen LogP contribution in [-0.4, -0.2) is 17.1 Å². The molecule has 0 spiro atoms. The molecule has 3 heteroatoms. The molecule has 0 radical (unpaired) electrons.